The maximum atomic E-state index is 12.6. The minimum absolute atomic E-state index is 0.0907. The molecule has 0 unspecified atom stereocenters. The van der Waals surface area contributed by atoms with Crippen LogP contribution in [0, 0.1) is 0 Å². The summed E-state index contributed by atoms with van der Waals surface area (Å²) in [6.07, 6.45) is 4.99. The van der Waals surface area contributed by atoms with Gasteiger partial charge in [0.05, 0.1) is 27.9 Å². The number of ether oxygens (including phenoxy) is 3. The second kappa shape index (κ2) is 9.68. The average molecular weight is 373 g/mol. The summed E-state index contributed by atoms with van der Waals surface area (Å²) >= 11 is 1.62. The largest absolute Gasteiger partial charge is 0.493 e. The first-order valence-electron chi connectivity index (χ1n) is 8.03. The van der Waals surface area contributed by atoms with E-state index in [1.54, 1.807) is 61.9 Å². The molecule has 5 nitrogen and oxygen atoms in total. The summed E-state index contributed by atoms with van der Waals surface area (Å²) in [5.41, 5.74) is 0.780. The van der Waals surface area contributed by atoms with Gasteiger partial charge in [-0.15, -0.1) is 17.9 Å². The summed E-state index contributed by atoms with van der Waals surface area (Å²) in [6, 6.07) is 7.57. The summed E-state index contributed by atoms with van der Waals surface area (Å²) in [5, 5.41) is 2.00. The van der Waals surface area contributed by atoms with Crippen molar-refractivity contribution in [2.75, 3.05) is 27.9 Å². The van der Waals surface area contributed by atoms with Gasteiger partial charge in [-0.1, -0.05) is 12.1 Å². The summed E-state index contributed by atoms with van der Waals surface area (Å²) < 4.78 is 16.0. The van der Waals surface area contributed by atoms with E-state index in [0.717, 1.165) is 10.4 Å². The Bertz CT molecular complexity index is 743. The van der Waals surface area contributed by atoms with Crippen LogP contribution in [0.5, 0.6) is 17.2 Å². The van der Waals surface area contributed by atoms with E-state index in [1.165, 1.54) is 6.08 Å². The van der Waals surface area contributed by atoms with Crippen molar-refractivity contribution in [3.05, 3.63) is 58.8 Å². The van der Waals surface area contributed by atoms with E-state index in [4.69, 9.17) is 14.2 Å². The maximum absolute atomic E-state index is 12.6. The summed E-state index contributed by atoms with van der Waals surface area (Å²) in [5.74, 6) is 1.51. The Morgan fingerprint density at radius 3 is 2.38 bits per heavy atom. The predicted molar refractivity (Wildman–Crippen MR) is 105 cm³/mol. The zero-order chi connectivity index (χ0) is 18.9. The van der Waals surface area contributed by atoms with Gasteiger partial charge in [-0.3, -0.25) is 4.79 Å². The van der Waals surface area contributed by atoms with Crippen LogP contribution < -0.4 is 14.2 Å². The number of rotatable bonds is 9. The van der Waals surface area contributed by atoms with Crippen molar-refractivity contribution in [3.63, 3.8) is 0 Å². The summed E-state index contributed by atoms with van der Waals surface area (Å²) in [6.45, 7) is 4.77. The van der Waals surface area contributed by atoms with E-state index in [-0.39, 0.29) is 5.91 Å². The molecule has 138 valence electrons. The van der Waals surface area contributed by atoms with E-state index in [9.17, 15) is 4.79 Å². The van der Waals surface area contributed by atoms with Crippen LogP contribution in [-0.2, 0) is 11.3 Å². The number of thiophene rings is 1. The van der Waals surface area contributed by atoms with Crippen molar-refractivity contribution < 1.29 is 19.0 Å². The van der Waals surface area contributed by atoms with Gasteiger partial charge in [0.2, 0.25) is 11.7 Å². The van der Waals surface area contributed by atoms with Gasteiger partial charge < -0.3 is 19.1 Å². The zero-order valence-corrected chi connectivity index (χ0v) is 16.0. The molecule has 1 heterocycles. The molecule has 0 aliphatic carbocycles. The normalized spacial score (nSPS) is 10.6. The molecule has 0 aliphatic rings. The molecule has 0 saturated heterocycles. The SMILES string of the molecule is C=CCN(Cc1cccs1)C(=O)/C=C/c1cc(OC)c(OC)c(OC)c1. The maximum Gasteiger partial charge on any atom is 0.247 e. The molecule has 0 aliphatic heterocycles. The lowest BCUT2D eigenvalue weighted by molar-refractivity contribution is -0.126. The fourth-order valence-electron chi connectivity index (χ4n) is 2.45. The first-order chi connectivity index (χ1) is 12.6. The van der Waals surface area contributed by atoms with Gasteiger partial charge in [0.25, 0.3) is 0 Å². The molecular formula is C20H23NO4S. The van der Waals surface area contributed by atoms with E-state index in [0.29, 0.717) is 30.3 Å². The lowest BCUT2D eigenvalue weighted by Crippen LogP contribution is -2.28. The number of carbonyl (C=O) groups is 1. The van der Waals surface area contributed by atoms with Gasteiger partial charge in [-0.2, -0.15) is 0 Å². The Hall–Kier alpha value is -2.73. The smallest absolute Gasteiger partial charge is 0.247 e. The highest BCUT2D eigenvalue weighted by molar-refractivity contribution is 7.09. The first kappa shape index (κ1) is 19.6. The summed E-state index contributed by atoms with van der Waals surface area (Å²) in [4.78, 5) is 15.4. The molecule has 0 spiro atoms. The number of benzene rings is 1. The molecule has 0 radical (unpaired) electrons. The molecule has 26 heavy (non-hydrogen) atoms. The third-order valence-corrected chi connectivity index (χ3v) is 4.55. The third-order valence-electron chi connectivity index (χ3n) is 3.69. The second-order valence-electron chi connectivity index (χ2n) is 5.38. The highest BCUT2D eigenvalue weighted by atomic mass is 32.1. The van der Waals surface area contributed by atoms with E-state index in [2.05, 4.69) is 6.58 Å². The highest BCUT2D eigenvalue weighted by Crippen LogP contribution is 2.38. The minimum atomic E-state index is -0.0907. The van der Waals surface area contributed by atoms with Crippen LogP contribution in [0.2, 0.25) is 0 Å². The van der Waals surface area contributed by atoms with E-state index in [1.807, 2.05) is 17.5 Å². The molecule has 6 heteroatoms. The Kier molecular flexibility index (Phi) is 7.29. The van der Waals surface area contributed by atoms with Gasteiger partial charge in [-0.05, 0) is 35.2 Å². The number of hydrogen-bond donors (Lipinski definition) is 0. The third kappa shape index (κ3) is 4.89. The lowest BCUT2D eigenvalue weighted by Gasteiger charge is -2.18. The molecule has 0 bridgehead atoms. The van der Waals surface area contributed by atoms with Crippen molar-refractivity contribution >= 4 is 23.3 Å². The second-order valence-corrected chi connectivity index (χ2v) is 6.41. The van der Waals surface area contributed by atoms with Crippen LogP contribution in [0.4, 0.5) is 0 Å². The molecule has 0 N–H and O–H groups in total. The van der Waals surface area contributed by atoms with Gasteiger partial charge in [-0.25, -0.2) is 0 Å². The van der Waals surface area contributed by atoms with Gasteiger partial charge in [0.15, 0.2) is 11.5 Å². The highest BCUT2D eigenvalue weighted by Gasteiger charge is 2.13. The van der Waals surface area contributed by atoms with Crippen LogP contribution >= 0.6 is 11.3 Å². The first-order valence-corrected chi connectivity index (χ1v) is 8.91. The van der Waals surface area contributed by atoms with E-state index < -0.39 is 0 Å². The van der Waals surface area contributed by atoms with Crippen molar-refractivity contribution in [1.29, 1.82) is 0 Å². The van der Waals surface area contributed by atoms with Crippen LogP contribution in [0.1, 0.15) is 10.4 Å². The molecule has 2 rings (SSSR count). The molecule has 1 aromatic carbocycles. The fourth-order valence-corrected chi connectivity index (χ4v) is 3.17. The standard InChI is InChI=1S/C20H23NO4S/c1-5-10-21(14-16-7-6-11-26-16)19(22)9-8-15-12-17(23-2)20(25-4)18(13-15)24-3/h5-9,11-13H,1,10,14H2,2-4H3/b9-8+. The molecular weight excluding hydrogens is 350 g/mol. The van der Waals surface area contributed by atoms with E-state index >= 15 is 0 Å². The zero-order valence-electron chi connectivity index (χ0n) is 15.2. The molecule has 0 saturated carbocycles. The van der Waals surface area contributed by atoms with Crippen molar-refractivity contribution in [2.24, 2.45) is 0 Å². The van der Waals surface area contributed by atoms with Crippen molar-refractivity contribution in [1.82, 2.24) is 4.90 Å². The Labute approximate surface area is 158 Å². The van der Waals surface area contributed by atoms with Gasteiger partial charge in [0.1, 0.15) is 0 Å². The molecule has 0 fully saturated rings. The van der Waals surface area contributed by atoms with Crippen LogP contribution in [0.3, 0.4) is 0 Å². The van der Waals surface area contributed by atoms with Gasteiger partial charge in [0, 0.05) is 17.5 Å². The quantitative estimate of drug-likeness (QED) is 0.492. The Balaban J connectivity index is 2.20. The number of carbonyl (C=O) groups excluding carboxylic acids is 1. The predicted octanol–water partition coefficient (Wildman–Crippen LogP) is 4.00. The Morgan fingerprint density at radius 2 is 1.88 bits per heavy atom. The number of amides is 1. The van der Waals surface area contributed by atoms with Crippen molar-refractivity contribution in [3.8, 4) is 17.2 Å². The average Bonchev–Trinajstić information content (AvgIpc) is 3.17. The number of hydrogen-bond acceptors (Lipinski definition) is 5. The Morgan fingerprint density at radius 1 is 1.19 bits per heavy atom. The van der Waals surface area contributed by atoms with Gasteiger partial charge >= 0.3 is 0 Å². The molecule has 1 aromatic heterocycles. The minimum Gasteiger partial charge on any atom is -0.493 e. The van der Waals surface area contributed by atoms with Crippen LogP contribution in [0.15, 0.2) is 48.4 Å². The van der Waals surface area contributed by atoms with Crippen LogP contribution in [0.25, 0.3) is 6.08 Å². The molecule has 0 atom stereocenters. The number of methoxy groups -OCH3 is 3. The molecule has 1 amide bonds. The van der Waals surface area contributed by atoms with Crippen LogP contribution in [-0.4, -0.2) is 38.7 Å². The molecule has 2 aromatic rings. The lowest BCUT2D eigenvalue weighted by atomic mass is 10.1. The number of nitrogens with zero attached hydrogens (tertiary/aromatic N) is 1. The van der Waals surface area contributed by atoms with Crippen molar-refractivity contribution in [2.45, 2.75) is 6.54 Å². The fraction of sp³-hybridized carbons (Fsp3) is 0.250. The topological polar surface area (TPSA) is 48.0 Å². The summed E-state index contributed by atoms with van der Waals surface area (Å²) in [7, 11) is 4.67. The monoisotopic (exact) mass is 373 g/mol.